The van der Waals surface area contributed by atoms with E-state index in [4.69, 9.17) is 4.74 Å². The van der Waals surface area contributed by atoms with Gasteiger partial charge in [-0.3, -0.25) is 14.6 Å². The highest BCUT2D eigenvalue weighted by Gasteiger charge is 2.36. The maximum absolute atomic E-state index is 6.30. The third-order valence-corrected chi connectivity index (χ3v) is 5.15. The minimum atomic E-state index is 0.336. The Morgan fingerprint density at radius 1 is 1.21 bits per heavy atom. The van der Waals surface area contributed by atoms with Crippen molar-refractivity contribution in [2.45, 2.75) is 44.4 Å². The smallest absolute Gasteiger partial charge is 0.0745 e. The van der Waals surface area contributed by atoms with Crippen LogP contribution < -0.4 is 0 Å². The number of hydrogen-bond acceptors (Lipinski definition) is 4. The summed E-state index contributed by atoms with van der Waals surface area (Å²) >= 11 is 0. The van der Waals surface area contributed by atoms with Crippen LogP contribution in [0.5, 0.6) is 0 Å². The average molecular weight is 326 g/mol. The maximum atomic E-state index is 6.30. The van der Waals surface area contributed by atoms with Gasteiger partial charge in [-0.15, -0.1) is 0 Å². The van der Waals surface area contributed by atoms with E-state index in [0.717, 1.165) is 38.5 Å². The molecule has 1 saturated carbocycles. The molecular weight excluding hydrogens is 300 g/mol. The summed E-state index contributed by atoms with van der Waals surface area (Å²) in [5.41, 5.74) is 2.57. The van der Waals surface area contributed by atoms with Gasteiger partial charge in [0.15, 0.2) is 0 Å². The fraction of sp³-hybridized carbons (Fsp3) is 0.579. The second kappa shape index (κ2) is 7.03. The van der Waals surface area contributed by atoms with Gasteiger partial charge in [-0.1, -0.05) is 6.07 Å². The summed E-state index contributed by atoms with van der Waals surface area (Å²) < 4.78 is 8.19. The van der Waals surface area contributed by atoms with Crippen molar-refractivity contribution in [1.82, 2.24) is 19.7 Å². The molecule has 5 nitrogen and oxygen atoms in total. The van der Waals surface area contributed by atoms with Crippen LogP contribution in [-0.2, 0) is 24.8 Å². The number of hydrogen-bond donors (Lipinski definition) is 0. The second-order valence-electron chi connectivity index (χ2n) is 7.23. The van der Waals surface area contributed by atoms with Crippen LogP contribution in [0.15, 0.2) is 36.9 Å². The van der Waals surface area contributed by atoms with Gasteiger partial charge in [0.2, 0.25) is 0 Å². The summed E-state index contributed by atoms with van der Waals surface area (Å²) in [5.74, 6) is 0.816. The third kappa shape index (κ3) is 3.84. The van der Waals surface area contributed by atoms with Crippen molar-refractivity contribution < 1.29 is 4.74 Å². The van der Waals surface area contributed by atoms with E-state index in [9.17, 15) is 0 Å². The van der Waals surface area contributed by atoms with Crippen LogP contribution in [-0.4, -0.2) is 45.0 Å². The molecule has 0 bridgehead atoms. The Hall–Kier alpha value is -1.72. The van der Waals surface area contributed by atoms with Crippen LogP contribution in [0.3, 0.4) is 0 Å². The van der Waals surface area contributed by atoms with Gasteiger partial charge in [0.25, 0.3) is 0 Å². The molecule has 3 heterocycles. The zero-order chi connectivity index (χ0) is 16.4. The predicted octanol–water partition coefficient (Wildman–Crippen LogP) is 2.43. The summed E-state index contributed by atoms with van der Waals surface area (Å²) in [7, 11) is 1.98. The Kier molecular flexibility index (Phi) is 4.63. The second-order valence-corrected chi connectivity index (χ2v) is 7.23. The van der Waals surface area contributed by atoms with Crippen LogP contribution >= 0.6 is 0 Å². The van der Waals surface area contributed by atoms with E-state index in [1.165, 1.54) is 24.0 Å². The largest absolute Gasteiger partial charge is 0.376 e. The van der Waals surface area contributed by atoms with Gasteiger partial charge < -0.3 is 4.74 Å². The number of ether oxygens (including phenoxy) is 1. The molecular formula is C19H26N4O. The first-order chi connectivity index (χ1) is 11.8. The van der Waals surface area contributed by atoms with Gasteiger partial charge in [-0.25, -0.2) is 0 Å². The minimum Gasteiger partial charge on any atom is -0.376 e. The zero-order valence-electron chi connectivity index (χ0n) is 14.3. The lowest BCUT2D eigenvalue weighted by molar-refractivity contribution is 0.0196. The number of aryl methyl sites for hydroxylation is 1. The van der Waals surface area contributed by atoms with Crippen LogP contribution in [0.25, 0.3) is 0 Å². The van der Waals surface area contributed by atoms with Crippen molar-refractivity contribution >= 4 is 0 Å². The molecule has 1 saturated heterocycles. The van der Waals surface area contributed by atoms with Crippen molar-refractivity contribution in [2.75, 3.05) is 13.2 Å². The van der Waals surface area contributed by atoms with E-state index >= 15 is 0 Å². The monoisotopic (exact) mass is 326 g/mol. The fourth-order valence-electron chi connectivity index (χ4n) is 3.63. The molecule has 0 amide bonds. The van der Waals surface area contributed by atoms with Gasteiger partial charge >= 0.3 is 0 Å². The molecule has 1 aliphatic carbocycles. The topological polar surface area (TPSA) is 43.2 Å². The van der Waals surface area contributed by atoms with E-state index in [1.807, 2.05) is 36.4 Å². The first-order valence-corrected chi connectivity index (χ1v) is 9.00. The summed E-state index contributed by atoms with van der Waals surface area (Å²) in [5, 5.41) is 4.32. The Balaban J connectivity index is 1.46. The molecule has 2 aliphatic rings. The third-order valence-electron chi connectivity index (χ3n) is 5.15. The molecule has 24 heavy (non-hydrogen) atoms. The van der Waals surface area contributed by atoms with Crippen molar-refractivity contribution in [3.63, 3.8) is 0 Å². The molecule has 0 aromatic carbocycles. The predicted molar refractivity (Wildman–Crippen MR) is 92.4 cm³/mol. The molecule has 2 fully saturated rings. The molecule has 0 unspecified atom stereocenters. The number of nitrogens with zero attached hydrogens (tertiary/aromatic N) is 4. The highest BCUT2D eigenvalue weighted by molar-refractivity contribution is 5.12. The van der Waals surface area contributed by atoms with Gasteiger partial charge in [-0.05, 0) is 48.8 Å². The summed E-state index contributed by atoms with van der Waals surface area (Å²) in [6.45, 7) is 2.98. The molecule has 2 aromatic heterocycles. The van der Waals surface area contributed by atoms with Crippen LogP contribution in [0, 0.1) is 5.92 Å². The van der Waals surface area contributed by atoms with E-state index in [2.05, 4.69) is 27.2 Å². The van der Waals surface area contributed by atoms with Crippen molar-refractivity contribution in [3.8, 4) is 0 Å². The molecule has 0 N–H and O–H groups in total. The number of aromatic nitrogens is 3. The van der Waals surface area contributed by atoms with Crippen LogP contribution in [0.2, 0.25) is 0 Å². The van der Waals surface area contributed by atoms with E-state index < -0.39 is 0 Å². The van der Waals surface area contributed by atoms with Gasteiger partial charge in [0.1, 0.15) is 0 Å². The van der Waals surface area contributed by atoms with Gasteiger partial charge in [-0.2, -0.15) is 5.10 Å². The number of rotatable bonds is 7. The van der Waals surface area contributed by atoms with E-state index in [0.29, 0.717) is 12.1 Å². The fourth-order valence-corrected chi connectivity index (χ4v) is 3.63. The Morgan fingerprint density at radius 3 is 2.83 bits per heavy atom. The highest BCUT2D eigenvalue weighted by atomic mass is 16.5. The first kappa shape index (κ1) is 15.8. The average Bonchev–Trinajstić information content (AvgIpc) is 3.23. The van der Waals surface area contributed by atoms with Crippen molar-refractivity contribution in [3.05, 3.63) is 48.0 Å². The van der Waals surface area contributed by atoms with Gasteiger partial charge in [0.05, 0.1) is 12.3 Å². The maximum Gasteiger partial charge on any atom is 0.0745 e. The molecule has 1 aliphatic heterocycles. The molecule has 2 atom stereocenters. The Bertz CT molecular complexity index is 652. The lowest BCUT2D eigenvalue weighted by Gasteiger charge is -2.28. The lowest BCUT2D eigenvalue weighted by atomic mass is 10.0. The minimum absolute atomic E-state index is 0.336. The Morgan fingerprint density at radius 2 is 2.12 bits per heavy atom. The molecule has 128 valence electrons. The molecule has 4 rings (SSSR count). The normalized spacial score (nSPS) is 24.5. The SMILES string of the molecule is Cn1cc(C[C@@H]2[C@@H](OCC3CC3)CCN2Cc2cccnc2)cn1. The quantitative estimate of drug-likeness (QED) is 0.784. The molecule has 0 spiro atoms. The number of likely N-dealkylation sites (tertiary alicyclic amines) is 1. The van der Waals surface area contributed by atoms with Crippen LogP contribution in [0.4, 0.5) is 0 Å². The van der Waals surface area contributed by atoms with Crippen LogP contribution in [0.1, 0.15) is 30.4 Å². The van der Waals surface area contributed by atoms with E-state index in [1.54, 1.807) is 0 Å². The van der Waals surface area contributed by atoms with Gasteiger partial charge in [0, 0.05) is 51.4 Å². The first-order valence-electron chi connectivity index (χ1n) is 9.00. The zero-order valence-corrected chi connectivity index (χ0v) is 14.3. The standard InChI is InChI=1S/C19H26N4O/c1-22-12-17(11-21-22)9-18-19(24-14-15-4-5-15)6-8-23(18)13-16-3-2-7-20-10-16/h2-3,7,10-12,15,18-19H,4-6,8-9,13-14H2,1H3/t18-,19+/m1/s1. The Labute approximate surface area is 143 Å². The molecule has 2 aromatic rings. The molecule has 0 radical (unpaired) electrons. The number of pyridine rings is 1. The summed E-state index contributed by atoms with van der Waals surface area (Å²) in [4.78, 5) is 6.81. The highest BCUT2D eigenvalue weighted by Crippen LogP contribution is 2.32. The summed E-state index contributed by atoms with van der Waals surface area (Å²) in [6, 6.07) is 4.60. The summed E-state index contributed by atoms with van der Waals surface area (Å²) in [6.07, 6.45) is 13.1. The lowest BCUT2D eigenvalue weighted by Crippen LogP contribution is -2.38. The van der Waals surface area contributed by atoms with Crippen molar-refractivity contribution in [1.29, 1.82) is 0 Å². The van der Waals surface area contributed by atoms with Crippen molar-refractivity contribution in [2.24, 2.45) is 13.0 Å². The van der Waals surface area contributed by atoms with E-state index in [-0.39, 0.29) is 0 Å². The molecule has 5 heteroatoms.